The number of nitrogens with two attached hydrogens (primary N) is 1. The number of hydrogen-bond acceptors (Lipinski definition) is 5. The highest BCUT2D eigenvalue weighted by Gasteiger charge is 2.39. The van der Waals surface area contributed by atoms with Gasteiger partial charge < -0.3 is 15.6 Å². The Morgan fingerprint density at radius 3 is 2.86 bits per heavy atom. The lowest BCUT2D eigenvalue weighted by atomic mass is 9.77. The van der Waals surface area contributed by atoms with Crippen LogP contribution in [0.2, 0.25) is 0 Å². The fourth-order valence-electron chi connectivity index (χ4n) is 2.64. The second kappa shape index (κ2) is 4.91. The lowest BCUT2D eigenvalue weighted by Crippen LogP contribution is -2.44. The standard InChI is InChI=1S/C16H18N4O2/c17-16(7-2-8-16)15-19-14(22-20-15)11-3-1-4-12(9-11)18-13(21)10-5-6-10/h1,3-4,9-10H,2,5-8,17H2,(H,18,21). The van der Waals surface area contributed by atoms with Crippen LogP contribution in [-0.2, 0) is 10.3 Å². The summed E-state index contributed by atoms with van der Waals surface area (Å²) in [5, 5.41) is 6.94. The summed E-state index contributed by atoms with van der Waals surface area (Å²) in [7, 11) is 0. The Hall–Kier alpha value is -2.21. The summed E-state index contributed by atoms with van der Waals surface area (Å²) in [5.41, 5.74) is 7.32. The molecule has 2 aliphatic rings. The Kier molecular flexibility index (Phi) is 3.00. The van der Waals surface area contributed by atoms with Gasteiger partial charge in [0.05, 0.1) is 5.54 Å². The van der Waals surface area contributed by atoms with Gasteiger partial charge in [-0.1, -0.05) is 11.2 Å². The Bertz CT molecular complexity index is 716. The van der Waals surface area contributed by atoms with Crippen LogP contribution in [0.5, 0.6) is 0 Å². The Morgan fingerprint density at radius 1 is 1.36 bits per heavy atom. The number of hydrogen-bond donors (Lipinski definition) is 2. The van der Waals surface area contributed by atoms with Crippen molar-refractivity contribution in [2.45, 2.75) is 37.6 Å². The molecule has 1 amide bonds. The van der Waals surface area contributed by atoms with Gasteiger partial charge in [0.15, 0.2) is 5.82 Å². The summed E-state index contributed by atoms with van der Waals surface area (Å²) in [5.74, 6) is 1.27. The molecule has 2 fully saturated rings. The minimum atomic E-state index is -0.431. The van der Waals surface area contributed by atoms with Crippen molar-refractivity contribution < 1.29 is 9.32 Å². The third kappa shape index (κ3) is 2.39. The van der Waals surface area contributed by atoms with Crippen LogP contribution in [-0.4, -0.2) is 16.0 Å². The van der Waals surface area contributed by atoms with Crippen molar-refractivity contribution in [3.63, 3.8) is 0 Å². The zero-order valence-corrected chi connectivity index (χ0v) is 12.2. The maximum atomic E-state index is 11.8. The zero-order valence-electron chi connectivity index (χ0n) is 12.2. The van der Waals surface area contributed by atoms with E-state index in [1.165, 1.54) is 0 Å². The molecule has 22 heavy (non-hydrogen) atoms. The van der Waals surface area contributed by atoms with Gasteiger partial charge in [-0.2, -0.15) is 4.98 Å². The van der Waals surface area contributed by atoms with Gasteiger partial charge in [-0.05, 0) is 50.3 Å². The first-order chi connectivity index (χ1) is 10.6. The minimum absolute atomic E-state index is 0.0822. The maximum Gasteiger partial charge on any atom is 0.258 e. The van der Waals surface area contributed by atoms with E-state index in [9.17, 15) is 4.79 Å². The minimum Gasteiger partial charge on any atom is -0.334 e. The Labute approximate surface area is 128 Å². The van der Waals surface area contributed by atoms with E-state index < -0.39 is 5.54 Å². The van der Waals surface area contributed by atoms with Crippen LogP contribution >= 0.6 is 0 Å². The highest BCUT2D eigenvalue weighted by molar-refractivity contribution is 5.94. The average Bonchev–Trinajstić information content (AvgIpc) is 3.22. The predicted octanol–water partition coefficient (Wildman–Crippen LogP) is 2.42. The maximum absolute atomic E-state index is 11.8. The number of aromatic nitrogens is 2. The zero-order chi connectivity index (χ0) is 15.2. The SMILES string of the molecule is NC1(c2noc(-c3cccc(NC(=O)C4CC4)c3)n2)CCC1. The number of nitrogens with one attached hydrogen (secondary N) is 1. The van der Waals surface area contributed by atoms with Crippen LogP contribution in [0.3, 0.4) is 0 Å². The molecule has 0 radical (unpaired) electrons. The second-order valence-corrected chi connectivity index (χ2v) is 6.28. The third-order valence-corrected chi connectivity index (χ3v) is 4.44. The molecule has 1 aromatic carbocycles. The molecule has 2 aromatic rings. The van der Waals surface area contributed by atoms with Gasteiger partial charge in [0.2, 0.25) is 5.91 Å². The monoisotopic (exact) mass is 298 g/mol. The number of nitrogens with zero attached hydrogens (tertiary/aromatic N) is 2. The average molecular weight is 298 g/mol. The van der Waals surface area contributed by atoms with Crippen molar-refractivity contribution in [2.75, 3.05) is 5.32 Å². The third-order valence-electron chi connectivity index (χ3n) is 4.44. The molecule has 0 bridgehead atoms. The van der Waals surface area contributed by atoms with E-state index in [0.29, 0.717) is 11.7 Å². The highest BCUT2D eigenvalue weighted by Crippen LogP contribution is 2.37. The van der Waals surface area contributed by atoms with Crippen LogP contribution in [0.4, 0.5) is 5.69 Å². The van der Waals surface area contributed by atoms with Crippen LogP contribution < -0.4 is 11.1 Å². The van der Waals surface area contributed by atoms with Gasteiger partial charge in [-0.25, -0.2) is 0 Å². The van der Waals surface area contributed by atoms with E-state index in [1.54, 1.807) is 0 Å². The van der Waals surface area contributed by atoms with Crippen LogP contribution in [0.25, 0.3) is 11.5 Å². The topological polar surface area (TPSA) is 94.0 Å². The summed E-state index contributed by atoms with van der Waals surface area (Å²) in [4.78, 5) is 16.3. The molecule has 6 nitrogen and oxygen atoms in total. The molecule has 1 aromatic heterocycles. The van der Waals surface area contributed by atoms with E-state index >= 15 is 0 Å². The fraction of sp³-hybridized carbons (Fsp3) is 0.438. The summed E-state index contributed by atoms with van der Waals surface area (Å²) < 4.78 is 5.34. The second-order valence-electron chi connectivity index (χ2n) is 6.28. The quantitative estimate of drug-likeness (QED) is 0.904. The molecule has 2 saturated carbocycles. The molecule has 1 heterocycles. The van der Waals surface area contributed by atoms with Crippen molar-refractivity contribution in [3.05, 3.63) is 30.1 Å². The molecular formula is C16H18N4O2. The van der Waals surface area contributed by atoms with Crippen molar-refractivity contribution >= 4 is 11.6 Å². The molecule has 3 N–H and O–H groups in total. The van der Waals surface area contributed by atoms with E-state index in [0.717, 1.165) is 43.4 Å². The largest absolute Gasteiger partial charge is 0.334 e. The van der Waals surface area contributed by atoms with Gasteiger partial charge in [0.1, 0.15) is 0 Å². The van der Waals surface area contributed by atoms with E-state index in [-0.39, 0.29) is 11.8 Å². The number of amides is 1. The predicted molar refractivity (Wildman–Crippen MR) is 80.8 cm³/mol. The molecule has 6 heteroatoms. The van der Waals surface area contributed by atoms with Gasteiger partial charge in [-0.15, -0.1) is 0 Å². The summed E-state index contributed by atoms with van der Waals surface area (Å²) in [6.45, 7) is 0. The molecule has 0 saturated heterocycles. The Morgan fingerprint density at radius 2 is 2.18 bits per heavy atom. The highest BCUT2D eigenvalue weighted by atomic mass is 16.5. The molecule has 0 atom stereocenters. The first-order valence-corrected chi connectivity index (χ1v) is 7.68. The van der Waals surface area contributed by atoms with Crippen molar-refractivity contribution in [1.29, 1.82) is 0 Å². The number of benzene rings is 1. The molecule has 4 rings (SSSR count). The molecule has 0 aliphatic heterocycles. The molecular weight excluding hydrogens is 280 g/mol. The van der Waals surface area contributed by atoms with Crippen LogP contribution in [0, 0.1) is 5.92 Å². The summed E-state index contributed by atoms with van der Waals surface area (Å²) in [6, 6.07) is 7.45. The number of carbonyl (C=O) groups is 1. The number of anilines is 1. The Balaban J connectivity index is 1.55. The van der Waals surface area contributed by atoms with E-state index in [1.807, 2.05) is 24.3 Å². The van der Waals surface area contributed by atoms with Gasteiger partial charge in [0, 0.05) is 17.2 Å². The lowest BCUT2D eigenvalue weighted by Gasteiger charge is -2.34. The van der Waals surface area contributed by atoms with Crippen molar-refractivity contribution in [3.8, 4) is 11.5 Å². The van der Waals surface area contributed by atoms with Gasteiger partial charge in [-0.3, -0.25) is 4.79 Å². The first-order valence-electron chi connectivity index (χ1n) is 7.68. The molecule has 114 valence electrons. The van der Waals surface area contributed by atoms with E-state index in [4.69, 9.17) is 10.3 Å². The van der Waals surface area contributed by atoms with Crippen molar-refractivity contribution in [1.82, 2.24) is 10.1 Å². The molecule has 0 unspecified atom stereocenters. The van der Waals surface area contributed by atoms with Crippen molar-refractivity contribution in [2.24, 2.45) is 11.7 Å². The smallest absolute Gasteiger partial charge is 0.258 e. The number of carbonyl (C=O) groups excluding carboxylic acids is 1. The lowest BCUT2D eigenvalue weighted by molar-refractivity contribution is -0.117. The summed E-state index contributed by atoms with van der Waals surface area (Å²) >= 11 is 0. The van der Waals surface area contributed by atoms with E-state index in [2.05, 4.69) is 15.5 Å². The number of rotatable bonds is 4. The molecule has 2 aliphatic carbocycles. The van der Waals surface area contributed by atoms with Crippen LogP contribution in [0.15, 0.2) is 28.8 Å². The van der Waals surface area contributed by atoms with Gasteiger partial charge in [0.25, 0.3) is 5.89 Å². The van der Waals surface area contributed by atoms with Gasteiger partial charge >= 0.3 is 0 Å². The fourth-order valence-corrected chi connectivity index (χ4v) is 2.64. The normalized spacial score (nSPS) is 19.5. The molecule has 0 spiro atoms. The summed E-state index contributed by atoms with van der Waals surface area (Å²) in [6.07, 6.45) is 4.85. The first kappa shape index (κ1) is 13.5. The van der Waals surface area contributed by atoms with Crippen LogP contribution in [0.1, 0.15) is 37.9 Å².